The number of rotatable bonds is 6. The van der Waals surface area contributed by atoms with Crippen molar-refractivity contribution in [3.8, 4) is 5.75 Å². The molecule has 4 rings (SSSR count). The highest BCUT2D eigenvalue weighted by atomic mass is 16.5. The second-order valence-electron chi connectivity index (χ2n) is 6.45. The van der Waals surface area contributed by atoms with Gasteiger partial charge < -0.3 is 14.5 Å². The minimum atomic E-state index is -0.134. The van der Waals surface area contributed by atoms with Gasteiger partial charge in [-0.3, -0.25) is 9.59 Å². The van der Waals surface area contributed by atoms with Crippen molar-refractivity contribution in [2.75, 3.05) is 11.9 Å². The Morgan fingerprint density at radius 2 is 1.68 bits per heavy atom. The number of carbonyl (C=O) groups is 2. The minimum absolute atomic E-state index is 0.0652. The van der Waals surface area contributed by atoms with E-state index in [2.05, 4.69) is 5.32 Å². The van der Waals surface area contributed by atoms with Crippen LogP contribution >= 0.6 is 0 Å². The molecule has 3 aromatic carbocycles. The van der Waals surface area contributed by atoms with Crippen molar-refractivity contribution in [3.63, 3.8) is 0 Å². The first-order chi connectivity index (χ1) is 13.6. The van der Waals surface area contributed by atoms with Crippen LogP contribution in [-0.4, -0.2) is 18.3 Å². The molecule has 0 unspecified atom stereocenters. The molecule has 5 nitrogen and oxygen atoms in total. The van der Waals surface area contributed by atoms with Gasteiger partial charge in [0.1, 0.15) is 16.9 Å². The summed E-state index contributed by atoms with van der Waals surface area (Å²) in [5.41, 5.74) is 2.80. The lowest BCUT2D eigenvalue weighted by Gasteiger charge is -2.07. The summed E-state index contributed by atoms with van der Waals surface area (Å²) < 4.78 is 11.5. The van der Waals surface area contributed by atoms with Crippen LogP contribution in [0.2, 0.25) is 0 Å². The number of hydrogen-bond donors (Lipinski definition) is 1. The van der Waals surface area contributed by atoms with E-state index in [1.54, 1.807) is 37.3 Å². The van der Waals surface area contributed by atoms with Gasteiger partial charge in [0.15, 0.2) is 12.4 Å². The van der Waals surface area contributed by atoms with Gasteiger partial charge in [-0.15, -0.1) is 0 Å². The van der Waals surface area contributed by atoms with Crippen LogP contribution in [-0.2, 0) is 4.79 Å². The lowest BCUT2D eigenvalue weighted by Crippen LogP contribution is -2.12. The van der Waals surface area contributed by atoms with E-state index in [-0.39, 0.29) is 18.3 Å². The van der Waals surface area contributed by atoms with Crippen molar-refractivity contribution < 1.29 is 18.7 Å². The Morgan fingerprint density at radius 3 is 2.46 bits per heavy atom. The highest BCUT2D eigenvalue weighted by Gasteiger charge is 2.10. The van der Waals surface area contributed by atoms with E-state index in [4.69, 9.17) is 9.15 Å². The maximum atomic E-state index is 12.4. The Bertz CT molecular complexity index is 1160. The van der Waals surface area contributed by atoms with Crippen molar-refractivity contribution in [1.82, 2.24) is 0 Å². The second kappa shape index (κ2) is 7.56. The van der Waals surface area contributed by atoms with Crippen LogP contribution in [0.3, 0.4) is 0 Å². The van der Waals surface area contributed by atoms with Crippen LogP contribution in [0.25, 0.3) is 21.9 Å². The zero-order chi connectivity index (χ0) is 19.5. The molecule has 0 saturated carbocycles. The number of ether oxygens (including phenoxy) is 1. The van der Waals surface area contributed by atoms with E-state index in [0.29, 0.717) is 23.4 Å². The number of fused-ring (bicyclic) bond motifs is 3. The van der Waals surface area contributed by atoms with Gasteiger partial charge in [-0.1, -0.05) is 25.1 Å². The molecule has 1 aromatic heterocycles. The molecule has 1 amide bonds. The maximum Gasteiger partial charge on any atom is 0.224 e. The molecule has 1 N–H and O–H groups in total. The number of amides is 1. The quantitative estimate of drug-likeness (QED) is 0.472. The third-order valence-corrected chi connectivity index (χ3v) is 4.53. The minimum Gasteiger partial charge on any atom is -0.485 e. The molecule has 0 radical (unpaired) electrons. The lowest BCUT2D eigenvalue weighted by molar-refractivity contribution is -0.115. The normalized spacial score (nSPS) is 10.9. The second-order valence-corrected chi connectivity index (χ2v) is 6.45. The standard InChI is InChI=1S/C23H19NO4/c1-2-23(26)24-16-9-7-15(8-10-16)20(25)14-27-17-11-12-22-19(13-17)18-5-3-4-6-21(18)28-22/h3-13H,2,14H2,1H3,(H,24,26). The van der Waals surface area contributed by atoms with Gasteiger partial charge in [-0.2, -0.15) is 0 Å². The zero-order valence-electron chi connectivity index (χ0n) is 15.4. The van der Waals surface area contributed by atoms with Crippen LogP contribution in [0.15, 0.2) is 71.1 Å². The molecule has 140 valence electrons. The van der Waals surface area contributed by atoms with Crippen molar-refractivity contribution in [2.45, 2.75) is 13.3 Å². The van der Waals surface area contributed by atoms with Gasteiger partial charge in [0.2, 0.25) is 5.91 Å². The Hall–Kier alpha value is -3.60. The smallest absolute Gasteiger partial charge is 0.224 e. The van der Waals surface area contributed by atoms with E-state index >= 15 is 0 Å². The molecule has 28 heavy (non-hydrogen) atoms. The molecule has 0 bridgehead atoms. The van der Waals surface area contributed by atoms with E-state index < -0.39 is 0 Å². The lowest BCUT2D eigenvalue weighted by atomic mass is 10.1. The first kappa shape index (κ1) is 17.8. The number of benzene rings is 3. The topological polar surface area (TPSA) is 68.5 Å². The van der Waals surface area contributed by atoms with Crippen molar-refractivity contribution in [2.24, 2.45) is 0 Å². The molecular formula is C23H19NO4. The third kappa shape index (κ3) is 3.60. The Balaban J connectivity index is 1.45. The van der Waals surface area contributed by atoms with Gasteiger partial charge in [0.05, 0.1) is 0 Å². The molecule has 5 heteroatoms. The molecule has 0 saturated heterocycles. The molecule has 1 heterocycles. The molecule has 0 aliphatic carbocycles. The van der Waals surface area contributed by atoms with Crippen molar-refractivity contribution >= 4 is 39.3 Å². The first-order valence-corrected chi connectivity index (χ1v) is 9.11. The predicted octanol–water partition coefficient (Wildman–Crippen LogP) is 5.20. The number of anilines is 1. The molecular weight excluding hydrogens is 354 g/mol. The van der Waals surface area contributed by atoms with Crippen molar-refractivity contribution in [3.05, 3.63) is 72.3 Å². The Labute approximate surface area is 161 Å². The fraction of sp³-hybridized carbons (Fsp3) is 0.130. The van der Waals surface area contributed by atoms with Gasteiger partial charge in [0.25, 0.3) is 0 Å². The summed E-state index contributed by atoms with van der Waals surface area (Å²) in [7, 11) is 0. The average molecular weight is 373 g/mol. The van der Waals surface area contributed by atoms with Crippen molar-refractivity contribution in [1.29, 1.82) is 0 Å². The molecule has 0 aliphatic rings. The highest BCUT2D eigenvalue weighted by Crippen LogP contribution is 2.31. The van der Waals surface area contributed by atoms with Crippen LogP contribution in [0, 0.1) is 0 Å². The third-order valence-electron chi connectivity index (χ3n) is 4.53. The summed E-state index contributed by atoms with van der Waals surface area (Å²) >= 11 is 0. The number of nitrogens with one attached hydrogen (secondary N) is 1. The molecule has 0 fully saturated rings. The van der Waals surface area contributed by atoms with Gasteiger partial charge in [0, 0.05) is 28.4 Å². The SMILES string of the molecule is CCC(=O)Nc1ccc(C(=O)COc2ccc3oc4ccccc4c3c2)cc1. The fourth-order valence-electron chi connectivity index (χ4n) is 3.02. The van der Waals surface area contributed by atoms with Gasteiger partial charge >= 0.3 is 0 Å². The van der Waals surface area contributed by atoms with E-state index in [0.717, 1.165) is 21.9 Å². The van der Waals surface area contributed by atoms with Crippen LogP contribution in [0.5, 0.6) is 5.75 Å². The fourth-order valence-corrected chi connectivity index (χ4v) is 3.02. The molecule has 0 spiro atoms. The van der Waals surface area contributed by atoms with Gasteiger partial charge in [-0.25, -0.2) is 0 Å². The van der Waals surface area contributed by atoms with Crippen LogP contribution in [0.4, 0.5) is 5.69 Å². The zero-order valence-corrected chi connectivity index (χ0v) is 15.4. The number of Topliss-reactive ketones (excluding diaryl/α,β-unsaturated/α-hetero) is 1. The Kier molecular flexibility index (Phi) is 4.81. The average Bonchev–Trinajstić information content (AvgIpc) is 3.10. The number of carbonyl (C=O) groups excluding carboxylic acids is 2. The summed E-state index contributed by atoms with van der Waals surface area (Å²) in [6, 6.07) is 20.1. The molecule has 4 aromatic rings. The van der Waals surface area contributed by atoms with E-state index in [1.807, 2.05) is 36.4 Å². The first-order valence-electron chi connectivity index (χ1n) is 9.11. The molecule has 0 aliphatic heterocycles. The highest BCUT2D eigenvalue weighted by molar-refractivity contribution is 6.05. The monoisotopic (exact) mass is 373 g/mol. The van der Waals surface area contributed by atoms with Crippen LogP contribution in [0.1, 0.15) is 23.7 Å². The summed E-state index contributed by atoms with van der Waals surface area (Å²) in [5.74, 6) is 0.411. The number of furan rings is 1. The van der Waals surface area contributed by atoms with Crippen LogP contribution < -0.4 is 10.1 Å². The summed E-state index contributed by atoms with van der Waals surface area (Å²) in [6.07, 6.45) is 0.408. The Morgan fingerprint density at radius 1 is 0.929 bits per heavy atom. The summed E-state index contributed by atoms with van der Waals surface area (Å²) in [4.78, 5) is 23.8. The summed E-state index contributed by atoms with van der Waals surface area (Å²) in [5, 5.41) is 4.72. The van der Waals surface area contributed by atoms with E-state index in [9.17, 15) is 9.59 Å². The summed E-state index contributed by atoms with van der Waals surface area (Å²) in [6.45, 7) is 1.72. The van der Waals surface area contributed by atoms with Gasteiger partial charge in [-0.05, 0) is 48.5 Å². The predicted molar refractivity (Wildman–Crippen MR) is 109 cm³/mol. The number of para-hydroxylation sites is 1. The number of ketones is 1. The maximum absolute atomic E-state index is 12.4. The largest absolute Gasteiger partial charge is 0.485 e. The number of hydrogen-bond acceptors (Lipinski definition) is 4. The molecule has 0 atom stereocenters. The van der Waals surface area contributed by atoms with E-state index in [1.165, 1.54) is 0 Å².